The van der Waals surface area contributed by atoms with Crippen LogP contribution in [-0.4, -0.2) is 78.3 Å². The molecule has 0 unspecified atom stereocenters. The van der Waals surface area contributed by atoms with Gasteiger partial charge in [0.1, 0.15) is 11.5 Å². The van der Waals surface area contributed by atoms with Crippen molar-refractivity contribution in [3.63, 3.8) is 0 Å². The van der Waals surface area contributed by atoms with Gasteiger partial charge in [-0.2, -0.15) is 0 Å². The third-order valence-corrected chi connectivity index (χ3v) is 8.64. The molecule has 11 nitrogen and oxygen atoms in total. The second-order valence-corrected chi connectivity index (χ2v) is 13.3. The van der Waals surface area contributed by atoms with E-state index in [0.29, 0.717) is 67.6 Å². The molecular formula is C28H33F3N6O5S. The van der Waals surface area contributed by atoms with Crippen molar-refractivity contribution in [1.29, 1.82) is 0 Å². The molecule has 3 aromatic rings. The van der Waals surface area contributed by atoms with Crippen LogP contribution in [0.5, 0.6) is 11.5 Å². The number of nitrogens with zero attached hydrogens (tertiary/aromatic N) is 5. The van der Waals surface area contributed by atoms with Gasteiger partial charge in [-0.25, -0.2) is 13.1 Å². The molecule has 2 aromatic heterocycles. The molecule has 0 radical (unpaired) electrons. The summed E-state index contributed by atoms with van der Waals surface area (Å²) in [5.41, 5.74) is 1.61. The molecule has 1 amide bonds. The molecule has 232 valence electrons. The van der Waals surface area contributed by atoms with Crippen LogP contribution in [0.1, 0.15) is 43.7 Å². The van der Waals surface area contributed by atoms with Crippen LogP contribution in [0.15, 0.2) is 48.8 Å². The van der Waals surface area contributed by atoms with Crippen molar-refractivity contribution in [2.45, 2.75) is 45.3 Å². The van der Waals surface area contributed by atoms with E-state index in [9.17, 15) is 26.4 Å². The lowest BCUT2D eigenvalue weighted by Crippen LogP contribution is -2.46. The summed E-state index contributed by atoms with van der Waals surface area (Å²) in [5, 5.41) is 8.00. The van der Waals surface area contributed by atoms with E-state index in [0.717, 1.165) is 0 Å². The van der Waals surface area contributed by atoms with Gasteiger partial charge in [0.2, 0.25) is 10.0 Å². The molecule has 0 bridgehead atoms. The average molecular weight is 623 g/mol. The van der Waals surface area contributed by atoms with Crippen LogP contribution in [0, 0.1) is 0 Å². The Morgan fingerprint density at radius 3 is 2.26 bits per heavy atom. The lowest BCUT2D eigenvalue weighted by Gasteiger charge is -2.35. The minimum Gasteiger partial charge on any atom is -0.492 e. The summed E-state index contributed by atoms with van der Waals surface area (Å²) in [6.45, 7) is 9.30. The fourth-order valence-corrected chi connectivity index (χ4v) is 4.92. The first-order valence-electron chi connectivity index (χ1n) is 13.5. The van der Waals surface area contributed by atoms with E-state index in [1.165, 1.54) is 45.2 Å². The molecule has 15 heteroatoms. The van der Waals surface area contributed by atoms with Gasteiger partial charge >= 0.3 is 6.36 Å². The van der Waals surface area contributed by atoms with E-state index in [1.807, 2.05) is 16.5 Å². The Balaban J connectivity index is 1.43. The van der Waals surface area contributed by atoms with Gasteiger partial charge in [-0.3, -0.25) is 14.7 Å². The van der Waals surface area contributed by atoms with Crippen LogP contribution >= 0.6 is 0 Å². The van der Waals surface area contributed by atoms with E-state index >= 15 is 0 Å². The molecule has 0 aliphatic carbocycles. The molecule has 1 aromatic carbocycles. The summed E-state index contributed by atoms with van der Waals surface area (Å²) in [4.78, 5) is 20.6. The highest BCUT2D eigenvalue weighted by Gasteiger charge is 2.32. The van der Waals surface area contributed by atoms with Gasteiger partial charge in [0, 0.05) is 44.5 Å². The second kappa shape index (κ2) is 12.7. The fourth-order valence-electron chi connectivity index (χ4n) is 4.27. The molecule has 1 aliphatic rings. The van der Waals surface area contributed by atoms with Gasteiger partial charge < -0.3 is 14.4 Å². The quantitative estimate of drug-likeness (QED) is 0.374. The molecule has 0 saturated carbocycles. The highest BCUT2D eigenvalue weighted by atomic mass is 32.2. The predicted octanol–water partition coefficient (Wildman–Crippen LogP) is 4.02. The normalized spacial score (nSPS) is 14.8. The first-order chi connectivity index (χ1) is 20.1. The Bertz CT molecular complexity index is 1540. The number of nitrogens with one attached hydrogen (secondary N) is 1. The van der Waals surface area contributed by atoms with Gasteiger partial charge in [-0.1, -0.05) is 0 Å². The van der Waals surface area contributed by atoms with Crippen LogP contribution in [-0.2, 0) is 16.6 Å². The average Bonchev–Trinajstić information content (AvgIpc) is 2.92. The Morgan fingerprint density at radius 1 is 0.953 bits per heavy atom. The summed E-state index contributed by atoms with van der Waals surface area (Å²) in [6.07, 6.45) is -1.75. The van der Waals surface area contributed by atoms with E-state index in [1.54, 1.807) is 24.4 Å². The second-order valence-electron chi connectivity index (χ2n) is 10.8. The summed E-state index contributed by atoms with van der Waals surface area (Å²) < 4.78 is 74.4. The number of aromatic nitrogens is 3. The third kappa shape index (κ3) is 8.54. The molecule has 4 rings (SSSR count). The first-order valence-corrected chi connectivity index (χ1v) is 15.0. The smallest absolute Gasteiger partial charge is 0.492 e. The third-order valence-electron chi connectivity index (χ3n) is 6.58. The number of carbonyl (C=O) groups excluding carboxylic acids is 1. The molecule has 3 heterocycles. The Kier molecular flexibility index (Phi) is 9.44. The van der Waals surface area contributed by atoms with Crippen LogP contribution in [0.3, 0.4) is 0 Å². The topological polar surface area (TPSA) is 127 Å². The van der Waals surface area contributed by atoms with Gasteiger partial charge in [0.15, 0.2) is 11.5 Å². The SMILES string of the molecule is CCOc1cncc(-c2cc(CN3CCN(c4ccc(C(=O)NS(=O)(=O)C(C)(C)C)nn4)CC3)cc(OC(F)(F)F)c2)c1. The molecule has 1 fully saturated rings. The molecule has 1 N–H and O–H groups in total. The van der Waals surface area contributed by atoms with Crippen molar-refractivity contribution >= 4 is 21.7 Å². The highest BCUT2D eigenvalue weighted by molar-refractivity contribution is 7.91. The molecule has 43 heavy (non-hydrogen) atoms. The number of amides is 1. The van der Waals surface area contributed by atoms with Gasteiger partial charge in [-0.05, 0) is 75.2 Å². The number of piperazine rings is 1. The molecule has 0 spiro atoms. The number of rotatable bonds is 9. The van der Waals surface area contributed by atoms with Crippen molar-refractivity contribution in [1.82, 2.24) is 24.8 Å². The predicted molar refractivity (Wildman–Crippen MR) is 153 cm³/mol. The molecule has 1 aliphatic heterocycles. The van der Waals surface area contributed by atoms with Crippen LogP contribution in [0.4, 0.5) is 19.0 Å². The number of hydrogen-bond acceptors (Lipinski definition) is 10. The largest absolute Gasteiger partial charge is 0.573 e. The number of benzene rings is 1. The zero-order chi connectivity index (χ0) is 31.4. The Morgan fingerprint density at radius 2 is 1.65 bits per heavy atom. The summed E-state index contributed by atoms with van der Waals surface area (Å²) in [6, 6.07) is 9.21. The number of ether oxygens (including phenoxy) is 2. The maximum atomic E-state index is 13.1. The van der Waals surface area contributed by atoms with E-state index < -0.39 is 27.0 Å². The number of anilines is 1. The Labute approximate surface area is 248 Å². The van der Waals surface area contributed by atoms with Crippen LogP contribution in [0.2, 0.25) is 0 Å². The summed E-state index contributed by atoms with van der Waals surface area (Å²) in [7, 11) is -3.90. The maximum absolute atomic E-state index is 13.1. The number of pyridine rings is 1. The van der Waals surface area contributed by atoms with Gasteiger partial charge in [0.05, 0.1) is 17.6 Å². The monoisotopic (exact) mass is 622 g/mol. The minimum absolute atomic E-state index is 0.131. The number of sulfonamides is 1. The van der Waals surface area contributed by atoms with Crippen molar-refractivity contribution < 1.29 is 35.9 Å². The lowest BCUT2D eigenvalue weighted by atomic mass is 10.0. The van der Waals surface area contributed by atoms with E-state index in [4.69, 9.17) is 4.74 Å². The van der Waals surface area contributed by atoms with Crippen LogP contribution in [0.25, 0.3) is 11.1 Å². The molecule has 0 atom stereocenters. The van der Waals surface area contributed by atoms with Crippen molar-refractivity contribution in [2.24, 2.45) is 0 Å². The van der Waals surface area contributed by atoms with E-state index in [2.05, 4.69) is 24.8 Å². The van der Waals surface area contributed by atoms with Crippen molar-refractivity contribution in [2.75, 3.05) is 37.7 Å². The molecule has 1 saturated heterocycles. The zero-order valence-electron chi connectivity index (χ0n) is 24.2. The molecular weight excluding hydrogens is 589 g/mol. The lowest BCUT2D eigenvalue weighted by molar-refractivity contribution is -0.274. The van der Waals surface area contributed by atoms with Crippen LogP contribution < -0.4 is 19.1 Å². The van der Waals surface area contributed by atoms with Gasteiger partial charge in [-0.15, -0.1) is 23.4 Å². The standard InChI is InChI=1S/C28H33F3N6O5S/c1-5-41-23-15-21(16-32-17-23)20-12-19(13-22(14-20)42-28(29,30)31)18-36-8-10-37(11-9-36)25-7-6-24(33-34-25)26(38)35-43(39,40)27(2,3)4/h6-7,12-17H,5,8-11,18H2,1-4H3,(H,35,38). The van der Waals surface area contributed by atoms with Gasteiger partial charge in [0.25, 0.3) is 5.91 Å². The number of halogens is 3. The number of hydrogen-bond donors (Lipinski definition) is 1. The maximum Gasteiger partial charge on any atom is 0.573 e. The van der Waals surface area contributed by atoms with E-state index in [-0.39, 0.29) is 11.4 Å². The minimum atomic E-state index is -4.84. The number of carbonyl (C=O) groups is 1. The fraction of sp³-hybridized carbons (Fsp3) is 0.429. The number of alkyl halides is 3. The first kappa shape index (κ1) is 31.9. The Hall–Kier alpha value is -3.98. The zero-order valence-corrected chi connectivity index (χ0v) is 25.0. The van der Waals surface area contributed by atoms with Crippen molar-refractivity contribution in [3.8, 4) is 22.6 Å². The van der Waals surface area contributed by atoms with Crippen molar-refractivity contribution in [3.05, 3.63) is 60.0 Å². The summed E-state index contributed by atoms with van der Waals surface area (Å²) >= 11 is 0. The highest BCUT2D eigenvalue weighted by Crippen LogP contribution is 2.31. The summed E-state index contributed by atoms with van der Waals surface area (Å²) in [5.74, 6) is -0.170.